The van der Waals surface area contributed by atoms with Crippen molar-refractivity contribution in [3.05, 3.63) is 41.0 Å². The standard InChI is InChI=1S/C12H17B/c1-4-9(2)12-7-11(8-13)6-5-10(12)3/h4-7H,8,13H2,1-3H3/b9-4-. The maximum atomic E-state index is 2.30. The van der Waals surface area contributed by atoms with Gasteiger partial charge in [-0.1, -0.05) is 36.2 Å². The topological polar surface area (TPSA) is 0 Å². The highest BCUT2D eigenvalue weighted by molar-refractivity contribution is 6.08. The number of hydrogen-bond acceptors (Lipinski definition) is 0. The van der Waals surface area contributed by atoms with E-state index in [2.05, 4.69) is 52.9 Å². The van der Waals surface area contributed by atoms with Gasteiger partial charge in [-0.05, 0) is 37.5 Å². The Morgan fingerprint density at radius 3 is 2.69 bits per heavy atom. The molecule has 0 heterocycles. The first-order valence-corrected chi connectivity index (χ1v) is 4.91. The van der Waals surface area contributed by atoms with Gasteiger partial charge < -0.3 is 0 Å². The molecule has 0 fully saturated rings. The van der Waals surface area contributed by atoms with E-state index in [0.717, 1.165) is 6.32 Å². The fraction of sp³-hybridized carbons (Fsp3) is 0.333. The molecule has 68 valence electrons. The van der Waals surface area contributed by atoms with Gasteiger partial charge in [0.1, 0.15) is 7.85 Å². The van der Waals surface area contributed by atoms with Gasteiger partial charge in [0.2, 0.25) is 0 Å². The van der Waals surface area contributed by atoms with Crippen molar-refractivity contribution in [2.45, 2.75) is 27.1 Å². The SMILES string of the molecule is BCc1ccc(C)c(/C(C)=C\C)c1. The summed E-state index contributed by atoms with van der Waals surface area (Å²) in [5.74, 6) is 0. The van der Waals surface area contributed by atoms with E-state index in [-0.39, 0.29) is 0 Å². The van der Waals surface area contributed by atoms with Crippen LogP contribution in [0.1, 0.15) is 30.5 Å². The van der Waals surface area contributed by atoms with Crippen molar-refractivity contribution in [1.82, 2.24) is 0 Å². The fourth-order valence-corrected chi connectivity index (χ4v) is 1.47. The van der Waals surface area contributed by atoms with Crippen LogP contribution < -0.4 is 0 Å². The smallest absolute Gasteiger partial charge is 0.0841 e. The second-order valence-electron chi connectivity index (χ2n) is 3.47. The predicted octanol–water partition coefficient (Wildman–Crippen LogP) is 2.55. The summed E-state index contributed by atoms with van der Waals surface area (Å²) in [6.45, 7) is 6.43. The zero-order valence-electron chi connectivity index (χ0n) is 9.02. The van der Waals surface area contributed by atoms with E-state index < -0.39 is 0 Å². The minimum absolute atomic E-state index is 1.12. The quantitative estimate of drug-likeness (QED) is 0.601. The van der Waals surface area contributed by atoms with E-state index in [0.29, 0.717) is 0 Å². The summed E-state index contributed by atoms with van der Waals surface area (Å²) in [6.07, 6.45) is 3.28. The Labute approximate surface area is 82.1 Å². The Balaban J connectivity index is 3.19. The summed E-state index contributed by atoms with van der Waals surface area (Å²) in [7, 11) is 2.19. The Hall–Kier alpha value is -0.975. The van der Waals surface area contributed by atoms with E-state index in [9.17, 15) is 0 Å². The lowest BCUT2D eigenvalue weighted by Gasteiger charge is -2.07. The van der Waals surface area contributed by atoms with Crippen molar-refractivity contribution in [1.29, 1.82) is 0 Å². The molecule has 1 aromatic carbocycles. The highest BCUT2D eigenvalue weighted by Crippen LogP contribution is 2.19. The largest absolute Gasteiger partial charge is 0.107 e. The molecule has 0 N–H and O–H groups in total. The van der Waals surface area contributed by atoms with Crippen LogP contribution in [0.25, 0.3) is 5.57 Å². The Morgan fingerprint density at radius 1 is 1.46 bits per heavy atom. The highest BCUT2D eigenvalue weighted by Gasteiger charge is 2.00. The summed E-state index contributed by atoms with van der Waals surface area (Å²) in [6, 6.07) is 6.72. The molecule has 0 amide bonds. The van der Waals surface area contributed by atoms with E-state index >= 15 is 0 Å². The molecule has 0 spiro atoms. The first-order valence-electron chi connectivity index (χ1n) is 4.91. The van der Waals surface area contributed by atoms with Gasteiger partial charge in [-0.25, -0.2) is 0 Å². The van der Waals surface area contributed by atoms with Gasteiger partial charge in [-0.15, -0.1) is 0 Å². The normalized spacial score (nSPS) is 11.8. The van der Waals surface area contributed by atoms with Gasteiger partial charge in [0.15, 0.2) is 0 Å². The second-order valence-corrected chi connectivity index (χ2v) is 3.47. The van der Waals surface area contributed by atoms with Crippen LogP contribution >= 0.6 is 0 Å². The molecule has 0 radical (unpaired) electrons. The van der Waals surface area contributed by atoms with Crippen LogP contribution in [0.5, 0.6) is 0 Å². The molecule has 0 saturated heterocycles. The number of hydrogen-bond donors (Lipinski definition) is 0. The molecule has 0 atom stereocenters. The summed E-state index contributed by atoms with van der Waals surface area (Å²) < 4.78 is 0. The summed E-state index contributed by atoms with van der Waals surface area (Å²) in [5, 5.41) is 0. The van der Waals surface area contributed by atoms with Crippen LogP contribution in [0.3, 0.4) is 0 Å². The Kier molecular flexibility index (Phi) is 3.35. The molecule has 1 aromatic rings. The molecular formula is C12H17B. The van der Waals surface area contributed by atoms with Crippen LogP contribution in [-0.4, -0.2) is 7.85 Å². The highest BCUT2D eigenvalue weighted by atomic mass is 14.0. The van der Waals surface area contributed by atoms with Crippen molar-refractivity contribution in [3.63, 3.8) is 0 Å². The van der Waals surface area contributed by atoms with Crippen LogP contribution in [0, 0.1) is 6.92 Å². The van der Waals surface area contributed by atoms with Crippen LogP contribution in [0.4, 0.5) is 0 Å². The van der Waals surface area contributed by atoms with Gasteiger partial charge in [0.05, 0.1) is 0 Å². The predicted molar refractivity (Wildman–Crippen MR) is 62.8 cm³/mol. The fourth-order valence-electron chi connectivity index (χ4n) is 1.47. The average Bonchev–Trinajstić information content (AvgIpc) is 2.17. The third kappa shape index (κ3) is 2.24. The summed E-state index contributed by atoms with van der Waals surface area (Å²) in [5.41, 5.74) is 5.55. The van der Waals surface area contributed by atoms with Crippen LogP contribution in [-0.2, 0) is 6.32 Å². The van der Waals surface area contributed by atoms with E-state index in [1.807, 2.05) is 0 Å². The first-order chi connectivity index (χ1) is 6.19. The molecule has 13 heavy (non-hydrogen) atoms. The number of benzene rings is 1. The van der Waals surface area contributed by atoms with Gasteiger partial charge in [-0.2, -0.15) is 0 Å². The lowest BCUT2D eigenvalue weighted by atomic mass is 9.92. The molecule has 1 heteroatoms. The van der Waals surface area contributed by atoms with Crippen molar-refractivity contribution in [3.8, 4) is 0 Å². The van der Waals surface area contributed by atoms with E-state index in [1.165, 1.54) is 22.3 Å². The molecule has 0 aliphatic rings. The third-order valence-corrected chi connectivity index (χ3v) is 2.57. The molecule has 0 aromatic heterocycles. The molecule has 1 rings (SSSR count). The molecule has 0 aliphatic carbocycles. The molecule has 0 aliphatic heterocycles. The Bertz CT molecular complexity index is 324. The zero-order valence-corrected chi connectivity index (χ0v) is 9.02. The second kappa shape index (κ2) is 4.31. The summed E-state index contributed by atoms with van der Waals surface area (Å²) in [4.78, 5) is 0. The molecule has 0 nitrogen and oxygen atoms in total. The minimum Gasteiger partial charge on any atom is -0.0841 e. The van der Waals surface area contributed by atoms with Crippen molar-refractivity contribution in [2.24, 2.45) is 0 Å². The maximum Gasteiger partial charge on any atom is 0.107 e. The Morgan fingerprint density at radius 2 is 2.15 bits per heavy atom. The average molecular weight is 172 g/mol. The van der Waals surface area contributed by atoms with Gasteiger partial charge in [0, 0.05) is 0 Å². The third-order valence-electron chi connectivity index (χ3n) is 2.57. The van der Waals surface area contributed by atoms with Gasteiger partial charge in [-0.3, -0.25) is 0 Å². The van der Waals surface area contributed by atoms with Gasteiger partial charge in [0.25, 0.3) is 0 Å². The zero-order chi connectivity index (χ0) is 9.84. The lowest BCUT2D eigenvalue weighted by molar-refractivity contribution is 1.32. The number of allylic oxidation sites excluding steroid dienone is 2. The molecular weight excluding hydrogens is 155 g/mol. The van der Waals surface area contributed by atoms with E-state index in [1.54, 1.807) is 0 Å². The van der Waals surface area contributed by atoms with Crippen LogP contribution in [0.2, 0.25) is 0 Å². The van der Waals surface area contributed by atoms with Gasteiger partial charge >= 0.3 is 0 Å². The first kappa shape index (κ1) is 10.1. The monoisotopic (exact) mass is 172 g/mol. The summed E-state index contributed by atoms with van der Waals surface area (Å²) >= 11 is 0. The number of rotatable bonds is 2. The van der Waals surface area contributed by atoms with Crippen molar-refractivity contribution in [2.75, 3.05) is 0 Å². The van der Waals surface area contributed by atoms with Crippen molar-refractivity contribution < 1.29 is 0 Å². The molecule has 0 unspecified atom stereocenters. The molecule has 0 saturated carbocycles. The lowest BCUT2D eigenvalue weighted by Crippen LogP contribution is -1.90. The number of aryl methyl sites for hydroxylation is 1. The van der Waals surface area contributed by atoms with Crippen LogP contribution in [0.15, 0.2) is 24.3 Å². The molecule has 0 bridgehead atoms. The maximum absolute atomic E-state index is 2.30. The van der Waals surface area contributed by atoms with E-state index in [4.69, 9.17) is 0 Å². The minimum atomic E-state index is 1.12. The van der Waals surface area contributed by atoms with Crippen molar-refractivity contribution >= 4 is 13.4 Å².